The Balaban J connectivity index is 1.62. The number of aromatic nitrogens is 1. The lowest BCUT2D eigenvalue weighted by atomic mass is 10.1. The molecule has 3 aromatic rings. The molecule has 4 rings (SSSR count). The highest BCUT2D eigenvalue weighted by Gasteiger charge is 2.39. The molecule has 1 amide bonds. The lowest BCUT2D eigenvalue weighted by Crippen LogP contribution is -2.43. The first-order valence-corrected chi connectivity index (χ1v) is 11.0. The molecule has 2 heterocycles. The fraction of sp³-hybridized carbons (Fsp3) is 0.263. The standard InChI is InChI=1S/C19H19N3O3S2/c1-13-12-26-19(20-13)21-18(23)17-7-4-10-22(17)27(24,25)16-9-8-14-5-2-3-6-15(14)11-16/h2-3,5-6,8-9,11-12,17H,4,7,10H2,1H3,(H,20,21,23). The number of hydrogen-bond donors (Lipinski definition) is 1. The van der Waals surface area contributed by atoms with Crippen molar-refractivity contribution >= 4 is 43.2 Å². The van der Waals surface area contributed by atoms with Crippen LogP contribution in [-0.2, 0) is 14.8 Å². The lowest BCUT2D eigenvalue weighted by molar-refractivity contribution is -0.119. The number of carbonyl (C=O) groups excluding carboxylic acids is 1. The Bertz CT molecular complexity index is 1110. The van der Waals surface area contributed by atoms with Crippen LogP contribution >= 0.6 is 11.3 Å². The molecule has 6 nitrogen and oxygen atoms in total. The Kier molecular flexibility index (Phi) is 4.71. The van der Waals surface area contributed by atoms with Crippen LogP contribution in [0.2, 0.25) is 0 Å². The number of sulfonamides is 1. The summed E-state index contributed by atoms with van der Waals surface area (Å²) in [6.07, 6.45) is 1.16. The van der Waals surface area contributed by atoms with E-state index in [2.05, 4.69) is 10.3 Å². The normalized spacial score (nSPS) is 18.0. The topological polar surface area (TPSA) is 79.4 Å². The maximum absolute atomic E-state index is 13.2. The molecule has 1 atom stereocenters. The van der Waals surface area contributed by atoms with Crippen LogP contribution in [0.4, 0.5) is 5.13 Å². The van der Waals surface area contributed by atoms with E-state index < -0.39 is 16.1 Å². The summed E-state index contributed by atoms with van der Waals surface area (Å²) in [6.45, 7) is 2.18. The van der Waals surface area contributed by atoms with Crippen molar-refractivity contribution in [3.8, 4) is 0 Å². The molecule has 1 unspecified atom stereocenters. The molecule has 1 aromatic heterocycles. The summed E-state index contributed by atoms with van der Waals surface area (Å²) in [6, 6.07) is 12.0. The van der Waals surface area contributed by atoms with Gasteiger partial charge in [0.25, 0.3) is 0 Å². The number of rotatable bonds is 4. The maximum Gasteiger partial charge on any atom is 0.244 e. The molecule has 1 aliphatic heterocycles. The van der Waals surface area contributed by atoms with E-state index in [1.54, 1.807) is 18.2 Å². The van der Waals surface area contributed by atoms with Gasteiger partial charge in [-0.1, -0.05) is 30.3 Å². The van der Waals surface area contributed by atoms with Crippen LogP contribution in [-0.4, -0.2) is 36.2 Å². The van der Waals surface area contributed by atoms with Gasteiger partial charge in [-0.15, -0.1) is 11.3 Å². The zero-order valence-electron chi connectivity index (χ0n) is 14.8. The van der Waals surface area contributed by atoms with Gasteiger partial charge in [0, 0.05) is 11.9 Å². The second-order valence-electron chi connectivity index (χ2n) is 6.57. The van der Waals surface area contributed by atoms with E-state index >= 15 is 0 Å². The SMILES string of the molecule is Cc1csc(NC(=O)C2CCCN2S(=O)(=O)c2ccc3ccccc3c2)n1. The summed E-state index contributed by atoms with van der Waals surface area (Å²) >= 11 is 1.33. The first-order chi connectivity index (χ1) is 12.9. The first kappa shape index (κ1) is 18.1. The Morgan fingerprint density at radius 1 is 1.22 bits per heavy atom. The van der Waals surface area contributed by atoms with Crippen LogP contribution < -0.4 is 5.32 Å². The summed E-state index contributed by atoms with van der Waals surface area (Å²) in [4.78, 5) is 17.1. The van der Waals surface area contributed by atoms with Gasteiger partial charge in [0.05, 0.1) is 10.6 Å². The summed E-state index contributed by atoms with van der Waals surface area (Å²) in [5.74, 6) is -0.328. The monoisotopic (exact) mass is 401 g/mol. The van der Waals surface area contributed by atoms with Crippen molar-refractivity contribution in [3.05, 3.63) is 53.5 Å². The maximum atomic E-state index is 13.2. The van der Waals surface area contributed by atoms with Gasteiger partial charge in [-0.3, -0.25) is 4.79 Å². The minimum Gasteiger partial charge on any atom is -0.301 e. The second kappa shape index (κ2) is 7.03. The predicted molar refractivity (Wildman–Crippen MR) is 106 cm³/mol. The van der Waals surface area contributed by atoms with Crippen LogP contribution in [0.25, 0.3) is 10.8 Å². The zero-order chi connectivity index (χ0) is 19.0. The third-order valence-corrected chi connectivity index (χ3v) is 7.46. The number of nitrogens with one attached hydrogen (secondary N) is 1. The molecule has 1 saturated heterocycles. The average molecular weight is 402 g/mol. The molecule has 8 heteroatoms. The number of fused-ring (bicyclic) bond motifs is 1. The number of hydrogen-bond acceptors (Lipinski definition) is 5. The number of carbonyl (C=O) groups is 1. The van der Waals surface area contributed by atoms with Gasteiger partial charge in [-0.25, -0.2) is 13.4 Å². The van der Waals surface area contributed by atoms with Crippen molar-refractivity contribution in [1.82, 2.24) is 9.29 Å². The summed E-state index contributed by atoms with van der Waals surface area (Å²) in [7, 11) is -3.76. The van der Waals surface area contributed by atoms with Gasteiger partial charge < -0.3 is 5.32 Å². The molecule has 1 N–H and O–H groups in total. The quantitative estimate of drug-likeness (QED) is 0.727. The average Bonchev–Trinajstić information content (AvgIpc) is 3.31. The third-order valence-electron chi connectivity index (χ3n) is 4.68. The van der Waals surface area contributed by atoms with Gasteiger partial charge in [0.15, 0.2) is 5.13 Å². The molecule has 0 radical (unpaired) electrons. The molecule has 0 bridgehead atoms. The Morgan fingerprint density at radius 2 is 2.00 bits per heavy atom. The summed E-state index contributed by atoms with van der Waals surface area (Å²) in [5.41, 5.74) is 0.822. The van der Waals surface area contributed by atoms with Crippen molar-refractivity contribution in [2.45, 2.75) is 30.7 Å². The highest BCUT2D eigenvalue weighted by atomic mass is 32.2. The Morgan fingerprint density at radius 3 is 2.74 bits per heavy atom. The van der Waals surface area contributed by atoms with E-state index in [-0.39, 0.29) is 10.8 Å². The van der Waals surface area contributed by atoms with E-state index in [0.29, 0.717) is 24.5 Å². The smallest absolute Gasteiger partial charge is 0.244 e. The molecule has 0 aliphatic carbocycles. The fourth-order valence-electron chi connectivity index (χ4n) is 3.35. The van der Waals surface area contributed by atoms with Gasteiger partial charge in [0.1, 0.15) is 6.04 Å². The molecule has 0 spiro atoms. The summed E-state index contributed by atoms with van der Waals surface area (Å²) < 4.78 is 27.7. The highest BCUT2D eigenvalue weighted by molar-refractivity contribution is 7.89. The van der Waals surface area contributed by atoms with Crippen LogP contribution in [0.5, 0.6) is 0 Å². The highest BCUT2D eigenvalue weighted by Crippen LogP contribution is 2.29. The minimum absolute atomic E-state index is 0.214. The van der Waals surface area contributed by atoms with Crippen molar-refractivity contribution in [2.24, 2.45) is 0 Å². The number of aryl methyl sites for hydroxylation is 1. The lowest BCUT2D eigenvalue weighted by Gasteiger charge is -2.23. The van der Waals surface area contributed by atoms with E-state index in [9.17, 15) is 13.2 Å². The summed E-state index contributed by atoms with van der Waals surface area (Å²) in [5, 5.41) is 6.92. The van der Waals surface area contributed by atoms with Gasteiger partial charge in [0.2, 0.25) is 15.9 Å². The van der Waals surface area contributed by atoms with E-state index in [4.69, 9.17) is 0 Å². The largest absolute Gasteiger partial charge is 0.301 e. The van der Waals surface area contributed by atoms with E-state index in [0.717, 1.165) is 16.5 Å². The number of nitrogens with zero attached hydrogens (tertiary/aromatic N) is 2. The van der Waals surface area contributed by atoms with Crippen molar-refractivity contribution < 1.29 is 13.2 Å². The minimum atomic E-state index is -3.76. The number of anilines is 1. The number of thiazole rings is 1. The first-order valence-electron chi connectivity index (χ1n) is 8.69. The number of amides is 1. The molecule has 2 aromatic carbocycles. The predicted octanol–water partition coefficient (Wildman–Crippen LogP) is 3.40. The van der Waals surface area contributed by atoms with Gasteiger partial charge in [-0.05, 0) is 42.7 Å². The Labute approximate surface area is 161 Å². The van der Waals surface area contributed by atoms with E-state index in [1.807, 2.05) is 36.6 Å². The molecule has 0 saturated carbocycles. The molecular formula is C19H19N3O3S2. The van der Waals surface area contributed by atoms with Crippen LogP contribution in [0.1, 0.15) is 18.5 Å². The van der Waals surface area contributed by atoms with Crippen LogP contribution in [0.15, 0.2) is 52.7 Å². The fourth-order valence-corrected chi connectivity index (χ4v) is 5.74. The van der Waals surface area contributed by atoms with Crippen molar-refractivity contribution in [3.63, 3.8) is 0 Å². The number of benzene rings is 2. The van der Waals surface area contributed by atoms with Crippen LogP contribution in [0, 0.1) is 6.92 Å². The molecule has 140 valence electrons. The molecular weight excluding hydrogens is 382 g/mol. The second-order valence-corrected chi connectivity index (χ2v) is 9.31. The third kappa shape index (κ3) is 3.47. The van der Waals surface area contributed by atoms with Crippen LogP contribution in [0.3, 0.4) is 0 Å². The molecule has 1 fully saturated rings. The molecule has 27 heavy (non-hydrogen) atoms. The van der Waals surface area contributed by atoms with E-state index in [1.165, 1.54) is 15.6 Å². The van der Waals surface area contributed by atoms with Gasteiger partial charge in [-0.2, -0.15) is 4.31 Å². The van der Waals surface area contributed by atoms with Crippen molar-refractivity contribution in [2.75, 3.05) is 11.9 Å². The zero-order valence-corrected chi connectivity index (χ0v) is 16.4. The van der Waals surface area contributed by atoms with Gasteiger partial charge >= 0.3 is 0 Å². The molecule has 1 aliphatic rings. The Hall–Kier alpha value is -2.29. The van der Waals surface area contributed by atoms with Crippen molar-refractivity contribution in [1.29, 1.82) is 0 Å².